The van der Waals surface area contributed by atoms with Crippen molar-refractivity contribution in [1.29, 1.82) is 0 Å². The van der Waals surface area contributed by atoms with Gasteiger partial charge >= 0.3 is 0 Å². The Hall–Kier alpha value is -1.37. The van der Waals surface area contributed by atoms with E-state index in [1.807, 2.05) is 13.1 Å². The van der Waals surface area contributed by atoms with Crippen LogP contribution in [0.5, 0.6) is 0 Å². The van der Waals surface area contributed by atoms with E-state index in [4.69, 9.17) is 0 Å². The summed E-state index contributed by atoms with van der Waals surface area (Å²) in [5, 5.41) is 0. The van der Waals surface area contributed by atoms with Crippen LogP contribution in [0, 0.1) is 6.92 Å². The Morgan fingerprint density at radius 2 is 2.07 bits per heavy atom. The smallest absolute Gasteiger partial charge is 0.0346 e. The normalized spacial score (nSPS) is 11.3. The number of benzene rings is 1. The monoisotopic (exact) mass is 201 g/mol. The molecule has 0 unspecified atom stereocenters. The van der Waals surface area contributed by atoms with Crippen molar-refractivity contribution in [2.75, 3.05) is 0 Å². The number of nitrogens with zero attached hydrogens (tertiary/aromatic N) is 1. The molecule has 1 nitrogen and oxygen atoms in total. The third-order valence-corrected chi connectivity index (χ3v) is 2.39. The molecular formula is C14H19N. The largest absolute Gasteiger partial charge is 0.262 e. The van der Waals surface area contributed by atoms with Gasteiger partial charge in [-0.3, -0.25) is 4.99 Å². The summed E-state index contributed by atoms with van der Waals surface area (Å²) in [7, 11) is 0. The topological polar surface area (TPSA) is 12.4 Å². The van der Waals surface area contributed by atoms with Crippen molar-refractivity contribution in [2.24, 2.45) is 4.99 Å². The Labute approximate surface area is 92.6 Å². The third kappa shape index (κ3) is 3.35. The second-order valence-corrected chi connectivity index (χ2v) is 4.26. The van der Waals surface area contributed by atoms with Crippen molar-refractivity contribution in [2.45, 2.75) is 33.6 Å². The average molecular weight is 201 g/mol. The number of hydrogen-bond donors (Lipinski definition) is 0. The zero-order chi connectivity index (χ0) is 11.4. The van der Waals surface area contributed by atoms with Crippen molar-refractivity contribution in [3.63, 3.8) is 0 Å². The Morgan fingerprint density at radius 1 is 1.40 bits per heavy atom. The lowest BCUT2D eigenvalue weighted by atomic mass is 9.98. The molecule has 0 atom stereocenters. The van der Waals surface area contributed by atoms with Crippen LogP contribution in [0.3, 0.4) is 0 Å². The van der Waals surface area contributed by atoms with Gasteiger partial charge in [0, 0.05) is 11.9 Å². The van der Waals surface area contributed by atoms with Crippen LogP contribution >= 0.6 is 0 Å². The summed E-state index contributed by atoms with van der Waals surface area (Å²) in [4.78, 5) is 4.24. The van der Waals surface area contributed by atoms with Crippen LogP contribution in [0.1, 0.15) is 43.4 Å². The minimum Gasteiger partial charge on any atom is -0.262 e. The molecule has 1 heteroatoms. The maximum absolute atomic E-state index is 4.24. The molecule has 0 aromatic heterocycles. The molecule has 1 aromatic rings. The lowest BCUT2D eigenvalue weighted by Crippen LogP contribution is -1.93. The fraction of sp³-hybridized carbons (Fsp3) is 0.357. The summed E-state index contributed by atoms with van der Waals surface area (Å²) >= 11 is 0. The second-order valence-electron chi connectivity index (χ2n) is 4.26. The third-order valence-electron chi connectivity index (χ3n) is 2.39. The molecule has 0 aliphatic carbocycles. The first-order valence-corrected chi connectivity index (χ1v) is 5.31. The molecule has 15 heavy (non-hydrogen) atoms. The Balaban J connectivity index is 3.05. The van der Waals surface area contributed by atoms with Crippen molar-refractivity contribution in [3.05, 3.63) is 47.2 Å². The zero-order valence-electron chi connectivity index (χ0n) is 10.0. The molecule has 0 aliphatic heterocycles. The highest BCUT2D eigenvalue weighted by atomic mass is 14.7. The van der Waals surface area contributed by atoms with Gasteiger partial charge in [-0.25, -0.2) is 0 Å². The standard InChI is InChI=1S/C14H19N/c1-10(2)13-7-6-12(5)14(8-13)9-15-11(3)4/h6-10H,3H2,1-2,4-5H3. The first kappa shape index (κ1) is 11.7. The van der Waals surface area contributed by atoms with E-state index in [0.717, 1.165) is 5.70 Å². The fourth-order valence-corrected chi connectivity index (χ4v) is 1.34. The van der Waals surface area contributed by atoms with Crippen LogP contribution < -0.4 is 0 Å². The number of aliphatic imine (C=N–C) groups is 1. The highest BCUT2D eigenvalue weighted by molar-refractivity contribution is 5.82. The Bertz CT molecular complexity index is 386. The molecular weight excluding hydrogens is 182 g/mol. The van der Waals surface area contributed by atoms with Gasteiger partial charge in [-0.05, 0) is 42.5 Å². The van der Waals surface area contributed by atoms with Gasteiger partial charge in [0.05, 0.1) is 0 Å². The molecule has 0 saturated carbocycles. The lowest BCUT2D eigenvalue weighted by Gasteiger charge is -2.08. The van der Waals surface area contributed by atoms with E-state index >= 15 is 0 Å². The Morgan fingerprint density at radius 3 is 2.60 bits per heavy atom. The van der Waals surface area contributed by atoms with Crippen molar-refractivity contribution >= 4 is 6.21 Å². The van der Waals surface area contributed by atoms with Gasteiger partial charge in [0.1, 0.15) is 0 Å². The van der Waals surface area contributed by atoms with E-state index in [2.05, 4.69) is 50.5 Å². The van der Waals surface area contributed by atoms with Crippen LogP contribution in [0.2, 0.25) is 0 Å². The fourth-order valence-electron chi connectivity index (χ4n) is 1.34. The highest BCUT2D eigenvalue weighted by Crippen LogP contribution is 2.17. The Kier molecular flexibility index (Phi) is 3.84. The molecule has 0 aliphatic rings. The SMILES string of the molecule is C=C(C)N=Cc1cc(C(C)C)ccc1C. The first-order valence-electron chi connectivity index (χ1n) is 5.31. The number of rotatable bonds is 3. The molecule has 0 heterocycles. The van der Waals surface area contributed by atoms with E-state index in [-0.39, 0.29) is 0 Å². The highest BCUT2D eigenvalue weighted by Gasteiger charge is 2.01. The molecule has 80 valence electrons. The number of aryl methyl sites for hydroxylation is 1. The zero-order valence-corrected chi connectivity index (χ0v) is 10.0. The van der Waals surface area contributed by atoms with Crippen molar-refractivity contribution in [3.8, 4) is 0 Å². The van der Waals surface area contributed by atoms with E-state index < -0.39 is 0 Å². The molecule has 0 saturated heterocycles. The van der Waals surface area contributed by atoms with Gasteiger partial charge in [0.15, 0.2) is 0 Å². The minimum atomic E-state index is 0.558. The summed E-state index contributed by atoms with van der Waals surface area (Å²) in [5.74, 6) is 0.558. The van der Waals surface area contributed by atoms with E-state index in [0.29, 0.717) is 5.92 Å². The van der Waals surface area contributed by atoms with Gasteiger partial charge in [-0.15, -0.1) is 0 Å². The van der Waals surface area contributed by atoms with Gasteiger partial charge in [0.25, 0.3) is 0 Å². The van der Waals surface area contributed by atoms with E-state index in [9.17, 15) is 0 Å². The van der Waals surface area contributed by atoms with Gasteiger partial charge in [-0.2, -0.15) is 0 Å². The van der Waals surface area contributed by atoms with E-state index in [1.54, 1.807) is 0 Å². The summed E-state index contributed by atoms with van der Waals surface area (Å²) < 4.78 is 0. The van der Waals surface area contributed by atoms with Gasteiger partial charge < -0.3 is 0 Å². The van der Waals surface area contributed by atoms with Crippen molar-refractivity contribution < 1.29 is 0 Å². The molecule has 0 fully saturated rings. The van der Waals surface area contributed by atoms with Crippen molar-refractivity contribution in [1.82, 2.24) is 0 Å². The second kappa shape index (κ2) is 4.92. The van der Waals surface area contributed by atoms with E-state index in [1.165, 1.54) is 16.7 Å². The quantitative estimate of drug-likeness (QED) is 0.654. The van der Waals surface area contributed by atoms with Crippen LogP contribution in [0.15, 0.2) is 35.5 Å². The molecule has 1 aromatic carbocycles. The summed E-state index contributed by atoms with van der Waals surface area (Å²) in [5.41, 5.74) is 4.63. The van der Waals surface area contributed by atoms with Gasteiger partial charge in [0.2, 0.25) is 0 Å². The van der Waals surface area contributed by atoms with Crippen LogP contribution in [0.25, 0.3) is 0 Å². The molecule has 0 bridgehead atoms. The molecule has 1 rings (SSSR count). The summed E-state index contributed by atoms with van der Waals surface area (Å²) in [6.45, 7) is 12.2. The maximum Gasteiger partial charge on any atom is 0.0346 e. The lowest BCUT2D eigenvalue weighted by molar-refractivity contribution is 0.865. The number of allylic oxidation sites excluding steroid dienone is 1. The maximum atomic E-state index is 4.24. The van der Waals surface area contributed by atoms with Crippen LogP contribution in [0.4, 0.5) is 0 Å². The van der Waals surface area contributed by atoms with Crippen LogP contribution in [-0.2, 0) is 0 Å². The molecule has 0 amide bonds. The van der Waals surface area contributed by atoms with Crippen LogP contribution in [-0.4, -0.2) is 6.21 Å². The number of hydrogen-bond acceptors (Lipinski definition) is 1. The minimum absolute atomic E-state index is 0.558. The predicted molar refractivity (Wildman–Crippen MR) is 67.7 cm³/mol. The molecule has 0 N–H and O–H groups in total. The average Bonchev–Trinajstić information content (AvgIpc) is 2.16. The first-order chi connectivity index (χ1) is 7.00. The summed E-state index contributed by atoms with van der Waals surface area (Å²) in [6.07, 6.45) is 1.89. The van der Waals surface area contributed by atoms with Gasteiger partial charge in [-0.1, -0.05) is 32.6 Å². The molecule has 0 spiro atoms. The summed E-state index contributed by atoms with van der Waals surface area (Å²) in [6, 6.07) is 6.53. The predicted octanol–water partition coefficient (Wildman–Crippen LogP) is 4.07. The molecule has 0 radical (unpaired) electrons.